The van der Waals surface area contributed by atoms with Crippen LogP contribution in [0.1, 0.15) is 0 Å². The summed E-state index contributed by atoms with van der Waals surface area (Å²) in [5.41, 5.74) is 8.57. The van der Waals surface area contributed by atoms with Crippen molar-refractivity contribution in [1.29, 1.82) is 0 Å². The van der Waals surface area contributed by atoms with Gasteiger partial charge in [0.05, 0.1) is 11.0 Å². The molecule has 0 aliphatic heterocycles. The van der Waals surface area contributed by atoms with Crippen molar-refractivity contribution in [2.24, 2.45) is 0 Å². The van der Waals surface area contributed by atoms with Crippen LogP contribution < -0.4 is 0 Å². The van der Waals surface area contributed by atoms with E-state index in [0.29, 0.717) is 17.6 Å². The summed E-state index contributed by atoms with van der Waals surface area (Å²) < 4.78 is 3.14. The molecule has 0 atom stereocenters. The van der Waals surface area contributed by atoms with Gasteiger partial charge in [0, 0.05) is 26.4 Å². The van der Waals surface area contributed by atoms with Crippen LogP contribution >= 0.6 is 15.9 Å². The van der Waals surface area contributed by atoms with Gasteiger partial charge in [-0.25, -0.2) is 4.98 Å². The van der Waals surface area contributed by atoms with Crippen molar-refractivity contribution in [2.75, 3.05) is 0 Å². The minimum absolute atomic E-state index is 0.577. The Kier molecular flexibility index (Phi) is 6.58. The average Bonchev–Trinajstić information content (AvgIpc) is 3.42. The summed E-state index contributed by atoms with van der Waals surface area (Å²) >= 11 is 3.68. The molecule has 0 radical (unpaired) electrons. The van der Waals surface area contributed by atoms with Crippen LogP contribution in [-0.4, -0.2) is 19.5 Å². The molecule has 0 aliphatic rings. The van der Waals surface area contributed by atoms with E-state index in [4.69, 9.17) is 15.0 Å². The van der Waals surface area contributed by atoms with E-state index in [0.717, 1.165) is 48.5 Å². The van der Waals surface area contributed by atoms with Crippen molar-refractivity contribution in [3.05, 3.63) is 156 Å². The summed E-state index contributed by atoms with van der Waals surface area (Å²) in [6.07, 6.45) is 0. The maximum Gasteiger partial charge on any atom is 0.238 e. The summed E-state index contributed by atoms with van der Waals surface area (Å²) in [5, 5.41) is 2.30. The molecule has 2 heterocycles. The van der Waals surface area contributed by atoms with E-state index in [2.05, 4.69) is 160 Å². The molecule has 0 saturated heterocycles. The van der Waals surface area contributed by atoms with Gasteiger partial charge in [-0.2, -0.15) is 9.97 Å². The van der Waals surface area contributed by atoms with E-state index in [9.17, 15) is 0 Å². The van der Waals surface area contributed by atoms with Crippen molar-refractivity contribution < 1.29 is 0 Å². The molecule has 6 aromatic carbocycles. The highest BCUT2D eigenvalue weighted by Crippen LogP contribution is 2.34. The lowest BCUT2D eigenvalue weighted by Gasteiger charge is -2.12. The Balaban J connectivity index is 1.32. The highest BCUT2D eigenvalue weighted by atomic mass is 79.9. The number of para-hydroxylation sites is 1. The van der Waals surface area contributed by atoms with Gasteiger partial charge in [0.2, 0.25) is 5.95 Å². The topological polar surface area (TPSA) is 43.6 Å². The fraction of sp³-hybridized carbons (Fsp3) is 0. The van der Waals surface area contributed by atoms with Crippen LogP contribution in [0.5, 0.6) is 0 Å². The molecular formula is C39H25BrN4. The molecule has 0 fully saturated rings. The summed E-state index contributed by atoms with van der Waals surface area (Å²) in [7, 11) is 0. The van der Waals surface area contributed by atoms with Gasteiger partial charge in [-0.3, -0.25) is 4.57 Å². The molecule has 0 bridgehead atoms. The van der Waals surface area contributed by atoms with Gasteiger partial charge in [-0.1, -0.05) is 149 Å². The largest absolute Gasteiger partial charge is 0.278 e. The molecule has 0 aliphatic carbocycles. The monoisotopic (exact) mass is 628 g/mol. The van der Waals surface area contributed by atoms with Gasteiger partial charge < -0.3 is 0 Å². The van der Waals surface area contributed by atoms with E-state index in [1.165, 1.54) is 11.1 Å². The van der Waals surface area contributed by atoms with Crippen molar-refractivity contribution in [3.8, 4) is 51.0 Å². The minimum atomic E-state index is 0.577. The first-order valence-electron chi connectivity index (χ1n) is 14.5. The van der Waals surface area contributed by atoms with Crippen LogP contribution in [-0.2, 0) is 0 Å². The Labute approximate surface area is 263 Å². The first kappa shape index (κ1) is 26.3. The third-order valence-corrected chi connectivity index (χ3v) is 8.45. The molecule has 0 N–H and O–H groups in total. The molecule has 0 unspecified atom stereocenters. The van der Waals surface area contributed by atoms with Crippen LogP contribution in [0.2, 0.25) is 0 Å². The van der Waals surface area contributed by atoms with E-state index in [-0.39, 0.29) is 0 Å². The van der Waals surface area contributed by atoms with Crippen LogP contribution in [0.3, 0.4) is 0 Å². The first-order chi connectivity index (χ1) is 21.7. The molecule has 208 valence electrons. The third kappa shape index (κ3) is 4.77. The van der Waals surface area contributed by atoms with Gasteiger partial charge in [0.1, 0.15) is 0 Å². The van der Waals surface area contributed by atoms with Crippen molar-refractivity contribution in [2.45, 2.75) is 0 Å². The zero-order valence-corrected chi connectivity index (χ0v) is 25.2. The standard InChI is InChI=1S/C39H25BrN4/c40-32-23-24-34-33-13-7-8-14-35(33)44(36(34)25-32)39-42-37(30-19-15-28(16-20-30)26-9-3-1-4-10-26)41-38(43-39)31-21-17-29(18-22-31)27-11-5-2-6-12-27/h1-25H. The van der Waals surface area contributed by atoms with Gasteiger partial charge >= 0.3 is 0 Å². The molecule has 4 nitrogen and oxygen atoms in total. The van der Waals surface area contributed by atoms with Crippen LogP contribution in [0.4, 0.5) is 0 Å². The second-order valence-corrected chi connectivity index (χ2v) is 11.6. The SMILES string of the molecule is Brc1ccc2c3ccccc3n(-c3nc(-c4ccc(-c5ccccc5)cc4)nc(-c4ccc(-c5ccccc5)cc4)n3)c2c1. The third-order valence-electron chi connectivity index (χ3n) is 7.96. The zero-order chi connectivity index (χ0) is 29.5. The molecular weight excluding hydrogens is 604 g/mol. The van der Waals surface area contributed by atoms with Crippen LogP contribution in [0.25, 0.3) is 72.8 Å². The number of fused-ring (bicyclic) bond motifs is 3. The number of aromatic nitrogens is 4. The second-order valence-electron chi connectivity index (χ2n) is 10.7. The Morgan fingerprint density at radius 1 is 0.386 bits per heavy atom. The Bertz CT molecular complexity index is 2160. The second kappa shape index (κ2) is 11.0. The summed E-state index contributed by atoms with van der Waals surface area (Å²) in [5.74, 6) is 1.82. The normalized spacial score (nSPS) is 11.3. The van der Waals surface area contributed by atoms with Gasteiger partial charge in [0.25, 0.3) is 0 Å². The molecule has 0 saturated carbocycles. The number of benzene rings is 6. The molecule has 8 aromatic rings. The number of hydrogen-bond acceptors (Lipinski definition) is 3. The Hall–Kier alpha value is -5.39. The van der Waals surface area contributed by atoms with Gasteiger partial charge in [-0.15, -0.1) is 0 Å². The lowest BCUT2D eigenvalue weighted by atomic mass is 10.0. The zero-order valence-electron chi connectivity index (χ0n) is 23.6. The molecule has 8 rings (SSSR count). The molecule has 44 heavy (non-hydrogen) atoms. The van der Waals surface area contributed by atoms with Gasteiger partial charge in [0.15, 0.2) is 11.6 Å². The number of nitrogens with zero attached hydrogens (tertiary/aromatic N) is 4. The average molecular weight is 630 g/mol. The van der Waals surface area contributed by atoms with E-state index >= 15 is 0 Å². The Morgan fingerprint density at radius 3 is 1.41 bits per heavy atom. The predicted molar refractivity (Wildman–Crippen MR) is 184 cm³/mol. The fourth-order valence-corrected chi connectivity index (χ4v) is 6.12. The quantitative estimate of drug-likeness (QED) is 0.190. The maximum atomic E-state index is 5.09. The van der Waals surface area contributed by atoms with Crippen LogP contribution in [0, 0.1) is 0 Å². The predicted octanol–water partition coefficient (Wildman–Crippen LogP) is 10.4. The number of halogens is 1. The molecule has 0 amide bonds. The maximum absolute atomic E-state index is 5.09. The van der Waals surface area contributed by atoms with Gasteiger partial charge in [-0.05, 0) is 40.5 Å². The van der Waals surface area contributed by atoms with E-state index < -0.39 is 0 Å². The van der Waals surface area contributed by atoms with Crippen LogP contribution in [0.15, 0.2) is 156 Å². The molecule has 0 spiro atoms. The minimum Gasteiger partial charge on any atom is -0.278 e. The Morgan fingerprint density at radius 2 is 0.841 bits per heavy atom. The lowest BCUT2D eigenvalue weighted by Crippen LogP contribution is -2.06. The fourth-order valence-electron chi connectivity index (χ4n) is 5.77. The molecule has 5 heteroatoms. The number of hydrogen-bond donors (Lipinski definition) is 0. The van der Waals surface area contributed by atoms with E-state index in [1.54, 1.807) is 0 Å². The van der Waals surface area contributed by atoms with E-state index in [1.807, 2.05) is 12.1 Å². The highest BCUT2D eigenvalue weighted by molar-refractivity contribution is 9.10. The van der Waals surface area contributed by atoms with Crippen molar-refractivity contribution in [1.82, 2.24) is 19.5 Å². The highest BCUT2D eigenvalue weighted by Gasteiger charge is 2.18. The molecule has 2 aromatic heterocycles. The van der Waals surface area contributed by atoms with Crippen molar-refractivity contribution in [3.63, 3.8) is 0 Å². The summed E-state index contributed by atoms with van der Waals surface area (Å²) in [4.78, 5) is 15.2. The number of rotatable bonds is 5. The summed E-state index contributed by atoms with van der Waals surface area (Å²) in [6.45, 7) is 0. The summed E-state index contributed by atoms with van der Waals surface area (Å²) in [6, 6.07) is 52.4. The lowest BCUT2D eigenvalue weighted by molar-refractivity contribution is 0.953. The smallest absolute Gasteiger partial charge is 0.238 e. The van der Waals surface area contributed by atoms with Crippen molar-refractivity contribution >= 4 is 37.7 Å². The first-order valence-corrected chi connectivity index (χ1v) is 15.3.